The summed E-state index contributed by atoms with van der Waals surface area (Å²) in [5, 5.41) is 17.6. The Balaban J connectivity index is 1.84. The SMILES string of the molecule is O=C(O)C=Cc1ccc(C=C2Oc3ccc(C(=O)O)cc3C2=O)cc1. The largest absolute Gasteiger partial charge is 0.478 e. The van der Waals surface area contributed by atoms with Crippen molar-refractivity contribution < 1.29 is 29.3 Å². The van der Waals surface area contributed by atoms with Crippen molar-refractivity contribution in [1.82, 2.24) is 0 Å². The predicted molar refractivity (Wildman–Crippen MR) is 89.4 cm³/mol. The third-order valence-corrected chi connectivity index (χ3v) is 3.57. The summed E-state index contributed by atoms with van der Waals surface area (Å²) in [5.74, 6) is -2.10. The molecule has 2 aromatic rings. The summed E-state index contributed by atoms with van der Waals surface area (Å²) < 4.78 is 5.49. The van der Waals surface area contributed by atoms with E-state index in [0.29, 0.717) is 16.9 Å². The van der Waals surface area contributed by atoms with Crippen LogP contribution in [0.15, 0.2) is 54.3 Å². The fourth-order valence-electron chi connectivity index (χ4n) is 2.34. The Bertz CT molecular complexity index is 935. The van der Waals surface area contributed by atoms with Gasteiger partial charge in [-0.2, -0.15) is 0 Å². The molecule has 0 radical (unpaired) electrons. The Labute approximate surface area is 142 Å². The quantitative estimate of drug-likeness (QED) is 0.832. The van der Waals surface area contributed by atoms with Crippen LogP contribution >= 0.6 is 0 Å². The third kappa shape index (κ3) is 3.48. The smallest absolute Gasteiger partial charge is 0.335 e. The molecular weight excluding hydrogens is 324 g/mol. The van der Waals surface area contributed by atoms with Gasteiger partial charge < -0.3 is 14.9 Å². The number of Topliss-reactive ketones (excluding diaryl/α,β-unsaturated/α-hetero) is 1. The molecule has 0 saturated carbocycles. The topological polar surface area (TPSA) is 101 Å². The number of ketones is 1. The molecule has 0 saturated heterocycles. The Kier molecular flexibility index (Phi) is 4.18. The second-order valence-corrected chi connectivity index (χ2v) is 5.29. The minimum Gasteiger partial charge on any atom is -0.478 e. The van der Waals surface area contributed by atoms with Gasteiger partial charge in [-0.15, -0.1) is 0 Å². The molecule has 2 aromatic carbocycles. The van der Waals surface area contributed by atoms with Gasteiger partial charge in [0.2, 0.25) is 5.78 Å². The van der Waals surface area contributed by atoms with E-state index in [2.05, 4.69) is 0 Å². The normalized spacial score (nSPS) is 14.6. The maximum Gasteiger partial charge on any atom is 0.335 e. The fraction of sp³-hybridized carbons (Fsp3) is 0. The number of hydrogen-bond acceptors (Lipinski definition) is 4. The number of carboxylic acid groups (broad SMARTS) is 2. The molecule has 6 nitrogen and oxygen atoms in total. The van der Waals surface area contributed by atoms with Gasteiger partial charge in [-0.3, -0.25) is 4.79 Å². The van der Waals surface area contributed by atoms with Gasteiger partial charge in [0.05, 0.1) is 11.1 Å². The van der Waals surface area contributed by atoms with E-state index >= 15 is 0 Å². The van der Waals surface area contributed by atoms with Gasteiger partial charge >= 0.3 is 11.9 Å². The van der Waals surface area contributed by atoms with Gasteiger partial charge in [-0.1, -0.05) is 24.3 Å². The molecule has 0 bridgehead atoms. The average molecular weight is 336 g/mol. The van der Waals surface area contributed by atoms with E-state index in [1.165, 1.54) is 24.3 Å². The minimum absolute atomic E-state index is 0.0199. The molecule has 1 heterocycles. The number of carboxylic acids is 2. The molecule has 0 aromatic heterocycles. The lowest BCUT2D eigenvalue weighted by Gasteiger charge is -1.99. The summed E-state index contributed by atoms with van der Waals surface area (Å²) >= 11 is 0. The zero-order valence-corrected chi connectivity index (χ0v) is 12.8. The molecule has 1 aliphatic rings. The second kappa shape index (κ2) is 6.45. The fourth-order valence-corrected chi connectivity index (χ4v) is 2.34. The molecule has 0 atom stereocenters. The zero-order chi connectivity index (χ0) is 18.0. The molecule has 0 unspecified atom stereocenters. The van der Waals surface area contributed by atoms with Gasteiger partial charge in [-0.25, -0.2) is 9.59 Å². The van der Waals surface area contributed by atoms with Crippen molar-refractivity contribution in [2.24, 2.45) is 0 Å². The predicted octanol–water partition coefficient (Wildman–Crippen LogP) is 3.10. The number of allylic oxidation sites excluding steroid dienone is 1. The van der Waals surface area contributed by atoms with Crippen LogP contribution in [-0.2, 0) is 4.79 Å². The van der Waals surface area contributed by atoms with Gasteiger partial charge in [0.15, 0.2) is 5.76 Å². The molecule has 0 amide bonds. The Morgan fingerprint density at radius 3 is 2.28 bits per heavy atom. The Morgan fingerprint density at radius 1 is 0.960 bits per heavy atom. The molecule has 2 N–H and O–H groups in total. The average Bonchev–Trinajstić information content (AvgIpc) is 2.89. The lowest BCUT2D eigenvalue weighted by atomic mass is 10.1. The number of ether oxygens (including phenoxy) is 1. The van der Waals surface area contributed by atoms with Crippen molar-refractivity contribution in [2.75, 3.05) is 0 Å². The standard InChI is InChI=1S/C19H12O6/c20-17(21)8-5-11-1-3-12(4-2-11)9-16-18(22)14-10-13(19(23)24)6-7-15(14)25-16/h1-10H,(H,20,21)(H,23,24). The molecule has 0 fully saturated rings. The van der Waals surface area contributed by atoms with Gasteiger partial charge in [-0.05, 0) is 41.5 Å². The number of aromatic carboxylic acids is 1. The summed E-state index contributed by atoms with van der Waals surface area (Å²) in [7, 11) is 0. The highest BCUT2D eigenvalue weighted by Gasteiger charge is 2.28. The van der Waals surface area contributed by atoms with E-state index in [9.17, 15) is 14.4 Å². The summed E-state index contributed by atoms with van der Waals surface area (Å²) in [5.41, 5.74) is 1.64. The summed E-state index contributed by atoms with van der Waals surface area (Å²) in [6, 6.07) is 11.0. The maximum absolute atomic E-state index is 12.4. The number of rotatable bonds is 4. The number of carbonyl (C=O) groups is 3. The highest BCUT2D eigenvalue weighted by atomic mass is 16.5. The summed E-state index contributed by atoms with van der Waals surface area (Å²) in [6.45, 7) is 0. The number of fused-ring (bicyclic) bond motifs is 1. The first-order chi connectivity index (χ1) is 11.9. The van der Waals surface area contributed by atoms with Crippen molar-refractivity contribution >= 4 is 29.9 Å². The third-order valence-electron chi connectivity index (χ3n) is 3.57. The van der Waals surface area contributed by atoms with Crippen molar-refractivity contribution in [3.63, 3.8) is 0 Å². The van der Waals surface area contributed by atoms with E-state index in [-0.39, 0.29) is 22.7 Å². The van der Waals surface area contributed by atoms with Gasteiger partial charge in [0, 0.05) is 6.08 Å². The van der Waals surface area contributed by atoms with E-state index in [1.807, 2.05) is 0 Å². The monoisotopic (exact) mass is 336 g/mol. The molecule has 0 aliphatic carbocycles. The van der Waals surface area contributed by atoms with E-state index < -0.39 is 11.9 Å². The first kappa shape index (κ1) is 16.2. The first-order valence-electron chi connectivity index (χ1n) is 7.27. The highest BCUT2D eigenvalue weighted by Crippen LogP contribution is 2.32. The van der Waals surface area contributed by atoms with Crippen molar-refractivity contribution in [2.45, 2.75) is 0 Å². The van der Waals surface area contributed by atoms with Crippen molar-refractivity contribution in [3.8, 4) is 5.75 Å². The second-order valence-electron chi connectivity index (χ2n) is 5.29. The maximum atomic E-state index is 12.4. The van der Waals surface area contributed by atoms with E-state index in [0.717, 1.165) is 6.08 Å². The lowest BCUT2D eigenvalue weighted by Crippen LogP contribution is -2.00. The number of hydrogen-bond donors (Lipinski definition) is 2. The lowest BCUT2D eigenvalue weighted by molar-refractivity contribution is -0.131. The molecule has 0 spiro atoms. The number of aliphatic carboxylic acids is 1. The van der Waals surface area contributed by atoms with Crippen LogP contribution in [0.5, 0.6) is 5.75 Å². The van der Waals surface area contributed by atoms with Crippen LogP contribution < -0.4 is 4.74 Å². The number of benzene rings is 2. The van der Waals surface area contributed by atoms with E-state index in [4.69, 9.17) is 14.9 Å². The Hall–Kier alpha value is -3.67. The van der Waals surface area contributed by atoms with Crippen LogP contribution in [0.3, 0.4) is 0 Å². The molecular formula is C19H12O6. The molecule has 124 valence electrons. The molecule has 3 rings (SSSR count). The van der Waals surface area contributed by atoms with E-state index in [1.54, 1.807) is 30.3 Å². The van der Waals surface area contributed by atoms with Crippen LogP contribution in [0.1, 0.15) is 31.8 Å². The van der Waals surface area contributed by atoms with Crippen LogP contribution in [-0.4, -0.2) is 27.9 Å². The van der Waals surface area contributed by atoms with Crippen molar-refractivity contribution in [1.29, 1.82) is 0 Å². The Morgan fingerprint density at radius 2 is 1.64 bits per heavy atom. The van der Waals surface area contributed by atoms with Crippen molar-refractivity contribution in [3.05, 3.63) is 76.6 Å². The highest BCUT2D eigenvalue weighted by molar-refractivity contribution is 6.15. The van der Waals surface area contributed by atoms with Crippen LogP contribution in [0, 0.1) is 0 Å². The zero-order valence-electron chi connectivity index (χ0n) is 12.8. The van der Waals surface area contributed by atoms with Crippen LogP contribution in [0.2, 0.25) is 0 Å². The van der Waals surface area contributed by atoms with Gasteiger partial charge in [0.1, 0.15) is 5.75 Å². The molecule has 6 heteroatoms. The van der Waals surface area contributed by atoms with Crippen LogP contribution in [0.25, 0.3) is 12.2 Å². The summed E-state index contributed by atoms with van der Waals surface area (Å²) in [6.07, 6.45) is 4.04. The number of carbonyl (C=O) groups excluding carboxylic acids is 1. The molecule has 25 heavy (non-hydrogen) atoms. The summed E-state index contributed by atoms with van der Waals surface area (Å²) in [4.78, 5) is 33.8. The molecule has 1 aliphatic heterocycles. The van der Waals surface area contributed by atoms with Crippen LogP contribution in [0.4, 0.5) is 0 Å². The van der Waals surface area contributed by atoms with Gasteiger partial charge in [0.25, 0.3) is 0 Å². The minimum atomic E-state index is -1.11. The first-order valence-corrected chi connectivity index (χ1v) is 7.27.